The van der Waals surface area contributed by atoms with Gasteiger partial charge in [-0.3, -0.25) is 4.79 Å². The van der Waals surface area contributed by atoms with Crippen LogP contribution in [0.15, 0.2) is 24.4 Å². The van der Waals surface area contributed by atoms with Crippen LogP contribution in [0.25, 0.3) is 10.9 Å². The number of aromatic amines is 1. The number of nitrogens with one attached hydrogen (secondary N) is 2. The fourth-order valence-electron chi connectivity index (χ4n) is 1.82. The van der Waals surface area contributed by atoms with Crippen molar-refractivity contribution in [2.24, 2.45) is 0 Å². The van der Waals surface area contributed by atoms with Gasteiger partial charge in [-0.2, -0.15) is 0 Å². The molecule has 2 N–H and O–H groups in total. The first kappa shape index (κ1) is 11.6. The van der Waals surface area contributed by atoms with Gasteiger partial charge in [0.05, 0.1) is 0 Å². The van der Waals surface area contributed by atoms with Gasteiger partial charge in [0.15, 0.2) is 0 Å². The Morgan fingerprint density at radius 2 is 2.29 bits per heavy atom. The van der Waals surface area contributed by atoms with Crippen LogP contribution < -0.4 is 5.32 Å². The molecule has 4 heteroatoms. The van der Waals surface area contributed by atoms with Crippen LogP contribution in [0.1, 0.15) is 18.9 Å². The van der Waals surface area contributed by atoms with E-state index in [2.05, 4.69) is 10.3 Å². The summed E-state index contributed by atoms with van der Waals surface area (Å²) >= 11 is 0. The second kappa shape index (κ2) is 4.99. The minimum Gasteiger partial charge on any atom is -0.361 e. The highest BCUT2D eigenvalue weighted by atomic mass is 19.1. The molecule has 0 saturated carbocycles. The van der Waals surface area contributed by atoms with Gasteiger partial charge in [-0.15, -0.1) is 0 Å². The molecule has 1 heterocycles. The predicted molar refractivity (Wildman–Crippen MR) is 65.3 cm³/mol. The van der Waals surface area contributed by atoms with E-state index in [4.69, 9.17) is 0 Å². The molecule has 0 aliphatic carbocycles. The third kappa shape index (κ3) is 2.64. The lowest BCUT2D eigenvalue weighted by Gasteiger charge is -2.02. The lowest BCUT2D eigenvalue weighted by Crippen LogP contribution is -2.24. The zero-order valence-electron chi connectivity index (χ0n) is 9.72. The Morgan fingerprint density at radius 3 is 3.06 bits per heavy atom. The van der Waals surface area contributed by atoms with Gasteiger partial charge in [0.1, 0.15) is 5.82 Å². The molecule has 0 fully saturated rings. The smallest absolute Gasteiger partial charge is 0.219 e. The van der Waals surface area contributed by atoms with Crippen LogP contribution in [-0.2, 0) is 11.2 Å². The predicted octanol–water partition coefficient (Wildman–Crippen LogP) is 2.38. The van der Waals surface area contributed by atoms with Gasteiger partial charge in [0, 0.05) is 30.1 Å². The number of benzene rings is 1. The first-order chi connectivity index (χ1) is 8.20. The van der Waals surface area contributed by atoms with E-state index in [0.717, 1.165) is 16.5 Å². The molecule has 3 nitrogen and oxygen atoms in total. The van der Waals surface area contributed by atoms with Crippen LogP contribution in [-0.4, -0.2) is 17.4 Å². The molecule has 2 rings (SSSR count). The molecule has 1 aromatic carbocycles. The van der Waals surface area contributed by atoms with Gasteiger partial charge in [-0.25, -0.2) is 4.39 Å². The molecule has 0 radical (unpaired) electrons. The molecule has 1 amide bonds. The summed E-state index contributed by atoms with van der Waals surface area (Å²) in [6.07, 6.45) is 3.06. The van der Waals surface area contributed by atoms with Crippen LogP contribution in [0.3, 0.4) is 0 Å². The summed E-state index contributed by atoms with van der Waals surface area (Å²) in [6, 6.07) is 4.67. The monoisotopic (exact) mass is 234 g/mol. The largest absolute Gasteiger partial charge is 0.361 e. The van der Waals surface area contributed by atoms with E-state index in [0.29, 0.717) is 19.4 Å². The average Bonchev–Trinajstić information content (AvgIpc) is 2.72. The van der Waals surface area contributed by atoms with Crippen LogP contribution in [0, 0.1) is 5.82 Å². The lowest BCUT2D eigenvalue weighted by molar-refractivity contribution is -0.120. The normalized spacial score (nSPS) is 10.7. The SMILES string of the molecule is CCC(=O)NCCc1c[nH]c2ccc(F)cc12. The minimum atomic E-state index is -0.240. The molecule has 17 heavy (non-hydrogen) atoms. The number of hydrogen-bond acceptors (Lipinski definition) is 1. The summed E-state index contributed by atoms with van der Waals surface area (Å²) in [5.74, 6) is -0.202. The molecule has 0 bridgehead atoms. The van der Waals surface area contributed by atoms with Gasteiger partial charge < -0.3 is 10.3 Å². The molecular weight excluding hydrogens is 219 g/mol. The zero-order chi connectivity index (χ0) is 12.3. The summed E-state index contributed by atoms with van der Waals surface area (Å²) < 4.78 is 13.1. The molecule has 0 spiro atoms. The number of carbonyl (C=O) groups excluding carboxylic acids is 1. The Labute approximate surface area is 99.0 Å². The number of amides is 1. The highest BCUT2D eigenvalue weighted by Gasteiger charge is 2.05. The summed E-state index contributed by atoms with van der Waals surface area (Å²) in [5, 5.41) is 3.69. The van der Waals surface area contributed by atoms with Crippen molar-refractivity contribution in [2.45, 2.75) is 19.8 Å². The van der Waals surface area contributed by atoms with Gasteiger partial charge in [0.25, 0.3) is 0 Å². The fraction of sp³-hybridized carbons (Fsp3) is 0.308. The summed E-state index contributed by atoms with van der Waals surface area (Å²) in [6.45, 7) is 2.40. The first-order valence-corrected chi connectivity index (χ1v) is 5.73. The average molecular weight is 234 g/mol. The van der Waals surface area contributed by atoms with Crippen molar-refractivity contribution in [1.29, 1.82) is 0 Å². The Balaban J connectivity index is 2.08. The Bertz CT molecular complexity index is 533. The molecule has 0 atom stereocenters. The van der Waals surface area contributed by atoms with Crippen molar-refractivity contribution in [3.05, 3.63) is 35.8 Å². The summed E-state index contributed by atoms with van der Waals surface area (Å²) in [7, 11) is 0. The number of carbonyl (C=O) groups is 1. The highest BCUT2D eigenvalue weighted by molar-refractivity contribution is 5.83. The van der Waals surface area contributed by atoms with Gasteiger partial charge >= 0.3 is 0 Å². The molecular formula is C13H15FN2O. The second-order valence-corrected chi connectivity index (χ2v) is 3.96. The van der Waals surface area contributed by atoms with E-state index in [-0.39, 0.29) is 11.7 Å². The quantitative estimate of drug-likeness (QED) is 0.838. The third-order valence-corrected chi connectivity index (χ3v) is 2.77. The van der Waals surface area contributed by atoms with Crippen molar-refractivity contribution in [2.75, 3.05) is 6.54 Å². The van der Waals surface area contributed by atoms with Crippen LogP contribution in [0.4, 0.5) is 4.39 Å². The van der Waals surface area contributed by atoms with Gasteiger partial charge in [0.2, 0.25) is 5.91 Å². The number of hydrogen-bond donors (Lipinski definition) is 2. The van der Waals surface area contributed by atoms with Crippen LogP contribution >= 0.6 is 0 Å². The Kier molecular flexibility index (Phi) is 3.42. The molecule has 2 aromatic rings. The molecule has 0 unspecified atom stereocenters. The number of fused-ring (bicyclic) bond motifs is 1. The topological polar surface area (TPSA) is 44.9 Å². The third-order valence-electron chi connectivity index (χ3n) is 2.77. The van der Waals surface area contributed by atoms with E-state index < -0.39 is 0 Å². The van der Waals surface area contributed by atoms with Crippen molar-refractivity contribution in [1.82, 2.24) is 10.3 Å². The molecule has 1 aromatic heterocycles. The molecule has 0 aliphatic rings. The van der Waals surface area contributed by atoms with Gasteiger partial charge in [-0.05, 0) is 30.2 Å². The van der Waals surface area contributed by atoms with Crippen LogP contribution in [0.5, 0.6) is 0 Å². The molecule has 0 aliphatic heterocycles. The number of rotatable bonds is 4. The maximum atomic E-state index is 13.1. The number of H-pyrrole nitrogens is 1. The molecule has 90 valence electrons. The highest BCUT2D eigenvalue weighted by Crippen LogP contribution is 2.19. The summed E-state index contributed by atoms with van der Waals surface area (Å²) in [5.41, 5.74) is 1.94. The van der Waals surface area contributed by atoms with E-state index >= 15 is 0 Å². The fourth-order valence-corrected chi connectivity index (χ4v) is 1.82. The van der Waals surface area contributed by atoms with Crippen molar-refractivity contribution in [3.63, 3.8) is 0 Å². The molecule has 0 saturated heterocycles. The Hall–Kier alpha value is -1.84. The van der Waals surface area contributed by atoms with E-state index in [1.807, 2.05) is 13.1 Å². The Morgan fingerprint density at radius 1 is 1.47 bits per heavy atom. The van der Waals surface area contributed by atoms with E-state index in [1.165, 1.54) is 12.1 Å². The minimum absolute atomic E-state index is 0.0380. The second-order valence-electron chi connectivity index (χ2n) is 3.96. The van der Waals surface area contributed by atoms with Crippen molar-refractivity contribution in [3.8, 4) is 0 Å². The van der Waals surface area contributed by atoms with Gasteiger partial charge in [-0.1, -0.05) is 6.92 Å². The van der Waals surface area contributed by atoms with Crippen molar-refractivity contribution < 1.29 is 9.18 Å². The maximum Gasteiger partial charge on any atom is 0.219 e. The first-order valence-electron chi connectivity index (χ1n) is 5.73. The van der Waals surface area contributed by atoms with E-state index in [9.17, 15) is 9.18 Å². The lowest BCUT2D eigenvalue weighted by atomic mass is 10.1. The standard InChI is InChI=1S/C13H15FN2O/c1-2-13(17)15-6-5-9-8-16-12-4-3-10(14)7-11(9)12/h3-4,7-8,16H,2,5-6H2,1H3,(H,15,17). The van der Waals surface area contributed by atoms with Crippen LogP contribution in [0.2, 0.25) is 0 Å². The van der Waals surface area contributed by atoms with E-state index in [1.54, 1.807) is 6.07 Å². The number of aromatic nitrogens is 1. The maximum absolute atomic E-state index is 13.1. The van der Waals surface area contributed by atoms with Crippen molar-refractivity contribution >= 4 is 16.8 Å². The zero-order valence-corrected chi connectivity index (χ0v) is 9.72. The number of halogens is 1. The summed E-state index contributed by atoms with van der Waals surface area (Å²) in [4.78, 5) is 14.2.